The van der Waals surface area contributed by atoms with Crippen molar-refractivity contribution in [3.63, 3.8) is 0 Å². The van der Waals surface area contributed by atoms with E-state index in [9.17, 15) is 23.8 Å². The lowest BCUT2D eigenvalue weighted by atomic mass is 10.0. The molecule has 0 aromatic heterocycles. The van der Waals surface area contributed by atoms with Crippen LogP contribution in [0.3, 0.4) is 0 Å². The number of phosphoric acid groups is 1. The molecule has 0 spiro atoms. The highest BCUT2D eigenvalue weighted by atomic mass is 31.2. The van der Waals surface area contributed by atoms with Gasteiger partial charge in [0.25, 0.3) is 0 Å². The smallest absolute Gasteiger partial charge is 0.472 e. The first-order chi connectivity index (χ1) is 30.1. The van der Waals surface area contributed by atoms with Crippen LogP contribution in [0.25, 0.3) is 0 Å². The molecule has 364 valence electrons. The van der Waals surface area contributed by atoms with Crippen molar-refractivity contribution in [1.29, 1.82) is 0 Å². The van der Waals surface area contributed by atoms with Gasteiger partial charge in [-0.3, -0.25) is 23.4 Å². The summed E-state index contributed by atoms with van der Waals surface area (Å²) in [6.07, 6.45) is 49.5. The molecule has 0 aromatic carbocycles. The second-order valence-corrected chi connectivity index (χ2v) is 18.8. The molecule has 3 atom stereocenters. The van der Waals surface area contributed by atoms with Gasteiger partial charge in [0.05, 0.1) is 13.2 Å². The summed E-state index contributed by atoms with van der Waals surface area (Å²) in [5.41, 5.74) is 5.35. The molecule has 0 radical (unpaired) electrons. The minimum Gasteiger partial charge on any atom is -0.480 e. The number of rotatable bonds is 48. The highest BCUT2D eigenvalue weighted by Gasteiger charge is 2.28. The Balaban J connectivity index is 4.23. The second kappa shape index (κ2) is 45.5. The predicted molar refractivity (Wildman–Crippen MR) is 254 cm³/mol. The van der Waals surface area contributed by atoms with Crippen molar-refractivity contribution in [2.75, 3.05) is 19.8 Å². The number of ether oxygens (including phenoxy) is 2. The number of hydrogen-bond acceptors (Lipinski definition) is 9. The fraction of sp³-hybridized carbons (Fsp3) is 0.860. The molecule has 0 heterocycles. The van der Waals surface area contributed by atoms with Gasteiger partial charge >= 0.3 is 25.7 Å². The van der Waals surface area contributed by atoms with E-state index in [-0.39, 0.29) is 19.4 Å². The molecule has 11 nitrogen and oxygen atoms in total. The number of nitrogens with two attached hydrogens (primary N) is 1. The highest BCUT2D eigenvalue weighted by Crippen LogP contribution is 2.43. The largest absolute Gasteiger partial charge is 0.480 e. The average molecular weight is 900 g/mol. The third-order valence-electron chi connectivity index (χ3n) is 11.2. The van der Waals surface area contributed by atoms with E-state index < -0.39 is 51.1 Å². The maximum absolute atomic E-state index is 12.7. The van der Waals surface area contributed by atoms with Crippen LogP contribution in [-0.4, -0.2) is 59.9 Å². The Bertz CT molecular complexity index is 1150. The fourth-order valence-corrected chi connectivity index (χ4v) is 7.99. The van der Waals surface area contributed by atoms with Gasteiger partial charge in [0.2, 0.25) is 0 Å². The van der Waals surface area contributed by atoms with Crippen LogP contribution in [0, 0.1) is 0 Å². The van der Waals surface area contributed by atoms with Crippen molar-refractivity contribution < 1.29 is 47.5 Å². The topological polar surface area (TPSA) is 172 Å². The molecule has 0 aromatic rings. The number of carbonyl (C=O) groups is 3. The lowest BCUT2D eigenvalue weighted by Crippen LogP contribution is -2.34. The number of allylic oxidation sites excluding steroid dienone is 4. The van der Waals surface area contributed by atoms with Crippen LogP contribution in [0.1, 0.15) is 245 Å². The molecular formula is C50H94NO10P. The summed E-state index contributed by atoms with van der Waals surface area (Å²) >= 11 is 0. The molecule has 12 heteroatoms. The zero-order chi connectivity index (χ0) is 45.6. The average Bonchev–Trinajstić information content (AvgIpc) is 3.25. The van der Waals surface area contributed by atoms with E-state index in [1.165, 1.54) is 154 Å². The Morgan fingerprint density at radius 1 is 0.500 bits per heavy atom. The minimum absolute atomic E-state index is 0.164. The summed E-state index contributed by atoms with van der Waals surface area (Å²) in [6, 6.07) is -1.52. The quantitative estimate of drug-likeness (QED) is 0.0230. The van der Waals surface area contributed by atoms with Gasteiger partial charge in [-0.2, -0.15) is 0 Å². The Morgan fingerprint density at radius 2 is 0.855 bits per heavy atom. The van der Waals surface area contributed by atoms with Crippen LogP contribution in [0.4, 0.5) is 0 Å². The molecule has 62 heavy (non-hydrogen) atoms. The van der Waals surface area contributed by atoms with E-state index in [1.54, 1.807) is 0 Å². The third-order valence-corrected chi connectivity index (χ3v) is 12.2. The highest BCUT2D eigenvalue weighted by molar-refractivity contribution is 7.47. The lowest BCUT2D eigenvalue weighted by molar-refractivity contribution is -0.161. The summed E-state index contributed by atoms with van der Waals surface area (Å²) in [7, 11) is -4.72. The standard InChI is InChI=1S/C50H94NO10P/c1-3-5-7-9-11-13-15-17-19-21-22-23-24-26-28-30-32-34-36-38-40-42-49(53)61-46(44-59-62(56,57)60-45-47(51)50(54)55)43-58-48(52)41-39-37-35-33-31-29-27-25-20-18-16-14-12-10-8-6-4-2/h12,14,18,20,46-47H,3-11,13,15-17,19,21-45,51H2,1-2H3,(H,54,55)(H,56,57)/b14-12-,20-18-/t46-,47+/m1/s1. The first kappa shape index (κ1) is 60.0. The molecule has 0 bridgehead atoms. The van der Waals surface area contributed by atoms with Gasteiger partial charge in [0.15, 0.2) is 6.10 Å². The van der Waals surface area contributed by atoms with E-state index >= 15 is 0 Å². The SMILES string of the molecule is CCCCC/C=C\C/C=C\CCCCCCCCCC(=O)OC[C@H](COP(=O)(O)OC[C@H](N)C(=O)O)OC(=O)CCCCCCCCCCCCCCCCCCCCCCC. The summed E-state index contributed by atoms with van der Waals surface area (Å²) < 4.78 is 32.8. The van der Waals surface area contributed by atoms with Crippen molar-refractivity contribution >= 4 is 25.7 Å². The first-order valence-corrected chi connectivity index (χ1v) is 26.9. The number of carbonyl (C=O) groups excluding carboxylic acids is 2. The molecule has 0 aliphatic rings. The maximum atomic E-state index is 12.7. The van der Waals surface area contributed by atoms with Crippen LogP contribution in [-0.2, 0) is 37.5 Å². The van der Waals surface area contributed by atoms with Crippen LogP contribution in [0.5, 0.6) is 0 Å². The van der Waals surface area contributed by atoms with Gasteiger partial charge in [-0.1, -0.05) is 212 Å². The third kappa shape index (κ3) is 44.6. The van der Waals surface area contributed by atoms with Crippen LogP contribution in [0.15, 0.2) is 24.3 Å². The minimum atomic E-state index is -4.72. The summed E-state index contributed by atoms with van der Waals surface area (Å²) in [6.45, 7) is 2.82. The Hall–Kier alpha value is -2.04. The Labute approximate surface area is 379 Å². The van der Waals surface area contributed by atoms with Crippen LogP contribution < -0.4 is 5.73 Å². The number of esters is 2. The lowest BCUT2D eigenvalue weighted by Gasteiger charge is -2.20. The van der Waals surface area contributed by atoms with Crippen molar-refractivity contribution in [3.8, 4) is 0 Å². The van der Waals surface area contributed by atoms with Crippen LogP contribution >= 0.6 is 7.82 Å². The number of phosphoric ester groups is 1. The molecule has 0 rings (SSSR count). The van der Waals surface area contributed by atoms with Crippen LogP contribution in [0.2, 0.25) is 0 Å². The fourth-order valence-electron chi connectivity index (χ4n) is 7.22. The second-order valence-electron chi connectivity index (χ2n) is 17.3. The van der Waals surface area contributed by atoms with Gasteiger partial charge in [0.1, 0.15) is 12.6 Å². The molecule has 1 unspecified atom stereocenters. The van der Waals surface area contributed by atoms with E-state index in [0.717, 1.165) is 51.4 Å². The number of carboxylic acid groups (broad SMARTS) is 1. The van der Waals surface area contributed by atoms with Gasteiger partial charge in [0, 0.05) is 12.8 Å². The maximum Gasteiger partial charge on any atom is 0.472 e. The number of unbranched alkanes of at least 4 members (excludes halogenated alkanes) is 30. The van der Waals surface area contributed by atoms with Crippen molar-refractivity contribution in [1.82, 2.24) is 0 Å². The van der Waals surface area contributed by atoms with Crippen molar-refractivity contribution in [2.24, 2.45) is 5.73 Å². The van der Waals surface area contributed by atoms with E-state index in [2.05, 4.69) is 42.7 Å². The normalized spacial score (nSPS) is 13.7. The molecule has 0 amide bonds. The molecular weight excluding hydrogens is 806 g/mol. The van der Waals surface area contributed by atoms with Gasteiger partial charge in [-0.15, -0.1) is 0 Å². The zero-order valence-electron chi connectivity index (χ0n) is 39.7. The molecule has 0 saturated heterocycles. The summed E-state index contributed by atoms with van der Waals surface area (Å²) in [4.78, 5) is 46.2. The van der Waals surface area contributed by atoms with Crippen molar-refractivity contribution in [3.05, 3.63) is 24.3 Å². The molecule has 0 aliphatic carbocycles. The molecule has 0 aliphatic heterocycles. The zero-order valence-corrected chi connectivity index (χ0v) is 40.6. The van der Waals surface area contributed by atoms with E-state index in [4.69, 9.17) is 24.8 Å². The van der Waals surface area contributed by atoms with Gasteiger partial charge in [-0.25, -0.2) is 4.57 Å². The number of hydrogen-bond donors (Lipinski definition) is 3. The monoisotopic (exact) mass is 900 g/mol. The van der Waals surface area contributed by atoms with Gasteiger partial charge in [-0.05, 0) is 44.9 Å². The molecule has 0 saturated carbocycles. The van der Waals surface area contributed by atoms with E-state index in [0.29, 0.717) is 12.8 Å². The molecule has 0 fully saturated rings. The van der Waals surface area contributed by atoms with E-state index in [1.807, 2.05) is 0 Å². The number of carboxylic acids is 1. The van der Waals surface area contributed by atoms with Crippen molar-refractivity contribution in [2.45, 2.75) is 257 Å². The Morgan fingerprint density at radius 3 is 1.29 bits per heavy atom. The molecule has 4 N–H and O–H groups in total. The Kier molecular flexibility index (Phi) is 44.0. The first-order valence-electron chi connectivity index (χ1n) is 25.4. The predicted octanol–water partition coefficient (Wildman–Crippen LogP) is 14.2. The van der Waals surface area contributed by atoms with Gasteiger partial charge < -0.3 is 25.2 Å². The summed E-state index contributed by atoms with van der Waals surface area (Å²) in [5, 5.41) is 8.92. The summed E-state index contributed by atoms with van der Waals surface area (Å²) in [5.74, 6) is -2.37. The number of aliphatic carboxylic acids is 1.